The minimum absolute atomic E-state index is 0.0568. The lowest BCUT2D eigenvalue weighted by Crippen LogP contribution is -2.61. The number of aromatic amines is 1. The van der Waals surface area contributed by atoms with Crippen molar-refractivity contribution in [1.29, 1.82) is 0 Å². The number of amides is 1. The molecule has 2 aliphatic heterocycles. The van der Waals surface area contributed by atoms with E-state index in [4.69, 9.17) is 0 Å². The second-order valence-electron chi connectivity index (χ2n) is 6.25. The van der Waals surface area contributed by atoms with Gasteiger partial charge in [0.25, 0.3) is 11.5 Å². The third kappa shape index (κ3) is 2.94. The quantitative estimate of drug-likeness (QED) is 0.684. The molecule has 0 unspecified atom stereocenters. The van der Waals surface area contributed by atoms with Crippen LogP contribution in [0.1, 0.15) is 10.5 Å². The molecule has 0 spiro atoms. The summed E-state index contributed by atoms with van der Waals surface area (Å²) in [6.45, 7) is 0.727. The minimum atomic E-state index is -3.29. The van der Waals surface area contributed by atoms with Crippen LogP contribution in [-0.4, -0.2) is 75.8 Å². The number of carbonyl (C=O) groups is 1. The molecule has 2 aromatic rings. The SMILES string of the molecule is O=C(c1c[nH]c(=O)cn1)N1CCN(c2ncccn2)[C@@H]2CS(=O)(=O)C[C@@H]21. The molecule has 2 atom stereocenters. The van der Waals surface area contributed by atoms with E-state index in [0.29, 0.717) is 19.0 Å². The van der Waals surface area contributed by atoms with Crippen LogP contribution in [0.25, 0.3) is 0 Å². The number of nitrogens with one attached hydrogen (secondary N) is 1. The van der Waals surface area contributed by atoms with Crippen LogP contribution in [0.2, 0.25) is 0 Å². The van der Waals surface area contributed by atoms with Crippen LogP contribution in [0, 0.1) is 0 Å². The van der Waals surface area contributed by atoms with Crippen molar-refractivity contribution >= 4 is 21.7 Å². The fourth-order valence-electron chi connectivity index (χ4n) is 3.50. The van der Waals surface area contributed by atoms with E-state index in [0.717, 1.165) is 6.20 Å². The highest BCUT2D eigenvalue weighted by Gasteiger charge is 2.49. The summed E-state index contributed by atoms with van der Waals surface area (Å²) in [6, 6.07) is 0.759. The van der Waals surface area contributed by atoms with E-state index in [1.165, 1.54) is 11.1 Å². The van der Waals surface area contributed by atoms with Crippen molar-refractivity contribution in [1.82, 2.24) is 24.8 Å². The van der Waals surface area contributed by atoms with Crippen LogP contribution in [0.5, 0.6) is 0 Å². The van der Waals surface area contributed by atoms with Crippen molar-refractivity contribution in [3.63, 3.8) is 0 Å². The Morgan fingerprint density at radius 2 is 1.85 bits per heavy atom. The molecule has 0 bridgehead atoms. The number of hydrogen-bond acceptors (Lipinski definition) is 8. The van der Waals surface area contributed by atoms with Gasteiger partial charge in [-0.2, -0.15) is 0 Å². The molecule has 0 saturated carbocycles. The van der Waals surface area contributed by atoms with Crippen molar-refractivity contribution in [2.24, 2.45) is 0 Å². The Kier molecular flexibility index (Phi) is 3.94. The van der Waals surface area contributed by atoms with Gasteiger partial charge in [-0.3, -0.25) is 9.59 Å². The number of anilines is 1. The van der Waals surface area contributed by atoms with Gasteiger partial charge in [-0.1, -0.05) is 0 Å². The maximum atomic E-state index is 12.8. The summed E-state index contributed by atoms with van der Waals surface area (Å²) in [4.78, 5) is 42.0. The minimum Gasteiger partial charge on any atom is -0.333 e. The third-order valence-electron chi connectivity index (χ3n) is 4.64. The fraction of sp³-hybridized carbons (Fsp3) is 0.400. The summed E-state index contributed by atoms with van der Waals surface area (Å²) in [5.41, 5.74) is -0.328. The Balaban J connectivity index is 1.66. The predicted octanol–water partition coefficient (Wildman–Crippen LogP) is -1.31. The molecular formula is C15H16N6O4S. The fourth-order valence-corrected chi connectivity index (χ4v) is 5.48. The van der Waals surface area contributed by atoms with Crippen molar-refractivity contribution in [2.45, 2.75) is 12.1 Å². The average molecular weight is 376 g/mol. The number of sulfone groups is 1. The van der Waals surface area contributed by atoms with Crippen LogP contribution in [-0.2, 0) is 9.84 Å². The Morgan fingerprint density at radius 3 is 2.54 bits per heavy atom. The number of nitrogens with zero attached hydrogens (tertiary/aromatic N) is 5. The lowest BCUT2D eigenvalue weighted by atomic mass is 10.0. The molecule has 26 heavy (non-hydrogen) atoms. The molecule has 2 aliphatic rings. The van der Waals surface area contributed by atoms with Gasteiger partial charge in [0.15, 0.2) is 9.84 Å². The molecule has 1 amide bonds. The van der Waals surface area contributed by atoms with Gasteiger partial charge in [0, 0.05) is 31.7 Å². The first-order valence-corrected chi connectivity index (χ1v) is 9.86. The Bertz CT molecular complexity index is 972. The van der Waals surface area contributed by atoms with Crippen LogP contribution >= 0.6 is 0 Å². The first-order valence-electron chi connectivity index (χ1n) is 8.04. The number of carbonyl (C=O) groups excluding carboxylic acids is 1. The first-order chi connectivity index (χ1) is 12.4. The molecule has 1 N–H and O–H groups in total. The highest BCUT2D eigenvalue weighted by molar-refractivity contribution is 7.91. The second-order valence-corrected chi connectivity index (χ2v) is 8.40. The van der Waals surface area contributed by atoms with Gasteiger partial charge >= 0.3 is 0 Å². The van der Waals surface area contributed by atoms with Gasteiger partial charge in [0.2, 0.25) is 5.95 Å². The van der Waals surface area contributed by atoms with Crippen molar-refractivity contribution < 1.29 is 13.2 Å². The van der Waals surface area contributed by atoms with Gasteiger partial charge in [0.1, 0.15) is 5.69 Å². The second kappa shape index (κ2) is 6.16. The van der Waals surface area contributed by atoms with Gasteiger partial charge in [-0.05, 0) is 6.07 Å². The topological polar surface area (TPSA) is 129 Å². The molecule has 2 aromatic heterocycles. The van der Waals surface area contributed by atoms with Gasteiger partial charge in [0.05, 0.1) is 29.8 Å². The van der Waals surface area contributed by atoms with E-state index in [2.05, 4.69) is 19.9 Å². The van der Waals surface area contributed by atoms with Crippen LogP contribution in [0.15, 0.2) is 35.6 Å². The lowest BCUT2D eigenvalue weighted by Gasteiger charge is -2.43. The largest absolute Gasteiger partial charge is 0.333 e. The zero-order chi connectivity index (χ0) is 18.3. The molecule has 11 heteroatoms. The van der Waals surface area contributed by atoms with Crippen molar-refractivity contribution in [2.75, 3.05) is 29.5 Å². The number of H-pyrrole nitrogens is 1. The molecule has 10 nitrogen and oxygen atoms in total. The summed E-state index contributed by atoms with van der Waals surface area (Å²) in [7, 11) is -3.29. The zero-order valence-corrected chi connectivity index (χ0v) is 14.5. The smallest absolute Gasteiger partial charge is 0.274 e. The van der Waals surface area contributed by atoms with Crippen molar-refractivity contribution in [3.8, 4) is 0 Å². The van der Waals surface area contributed by atoms with E-state index in [-0.39, 0.29) is 17.2 Å². The van der Waals surface area contributed by atoms with E-state index >= 15 is 0 Å². The highest BCUT2D eigenvalue weighted by Crippen LogP contribution is 2.29. The molecule has 2 saturated heterocycles. The molecule has 0 aliphatic carbocycles. The number of aromatic nitrogens is 4. The molecule has 4 rings (SSSR count). The molecule has 2 fully saturated rings. The van der Waals surface area contributed by atoms with E-state index in [1.54, 1.807) is 18.5 Å². The Labute approximate surface area is 148 Å². The number of fused-ring (bicyclic) bond motifs is 1. The van der Waals surface area contributed by atoms with Crippen LogP contribution in [0.3, 0.4) is 0 Å². The van der Waals surface area contributed by atoms with Gasteiger partial charge in [-0.25, -0.2) is 23.4 Å². The summed E-state index contributed by atoms with van der Waals surface area (Å²) in [5, 5.41) is 0. The predicted molar refractivity (Wildman–Crippen MR) is 91.5 cm³/mol. The summed E-state index contributed by atoms with van der Waals surface area (Å²) < 4.78 is 24.5. The average Bonchev–Trinajstić information content (AvgIpc) is 2.96. The van der Waals surface area contributed by atoms with Crippen LogP contribution < -0.4 is 10.5 Å². The Morgan fingerprint density at radius 1 is 1.12 bits per heavy atom. The summed E-state index contributed by atoms with van der Waals surface area (Å²) in [6.07, 6.45) is 5.48. The number of rotatable bonds is 2. The lowest BCUT2D eigenvalue weighted by molar-refractivity contribution is 0.0641. The van der Waals surface area contributed by atoms with Crippen molar-refractivity contribution in [3.05, 3.63) is 46.9 Å². The molecule has 0 aromatic carbocycles. The molecule has 136 valence electrons. The Hall–Kier alpha value is -2.82. The first kappa shape index (κ1) is 16.6. The summed E-state index contributed by atoms with van der Waals surface area (Å²) in [5.74, 6) is -0.120. The third-order valence-corrected chi connectivity index (χ3v) is 6.34. The standard InChI is InChI=1S/C15H16N6O4S/c22-13-7-18-10(6-19-13)14(23)20-4-5-21(15-16-2-1-3-17-15)12-9-26(24,25)8-11(12)20/h1-3,6-7,11-12H,4-5,8-9H2,(H,19,22)/t11-,12+/m0/s1. The molecule has 0 radical (unpaired) electrons. The normalized spacial score (nSPS) is 24.3. The maximum absolute atomic E-state index is 12.8. The highest BCUT2D eigenvalue weighted by atomic mass is 32.2. The van der Waals surface area contributed by atoms with E-state index in [1.807, 2.05) is 4.90 Å². The van der Waals surface area contributed by atoms with Gasteiger partial charge in [-0.15, -0.1) is 0 Å². The molecule has 4 heterocycles. The zero-order valence-electron chi connectivity index (χ0n) is 13.6. The maximum Gasteiger partial charge on any atom is 0.274 e. The number of hydrogen-bond donors (Lipinski definition) is 1. The van der Waals surface area contributed by atoms with Gasteiger partial charge < -0.3 is 14.8 Å². The number of piperazine rings is 1. The summed E-state index contributed by atoms with van der Waals surface area (Å²) >= 11 is 0. The van der Waals surface area contributed by atoms with E-state index < -0.39 is 33.4 Å². The van der Waals surface area contributed by atoms with Crippen LogP contribution in [0.4, 0.5) is 5.95 Å². The monoisotopic (exact) mass is 376 g/mol. The van der Waals surface area contributed by atoms with E-state index in [9.17, 15) is 18.0 Å². The molecular weight excluding hydrogens is 360 g/mol.